The molecule has 0 radical (unpaired) electrons. The fraction of sp³-hybridized carbons (Fsp3) is 0.478. The highest BCUT2D eigenvalue weighted by molar-refractivity contribution is 7.99. The summed E-state index contributed by atoms with van der Waals surface area (Å²) in [7, 11) is 0. The Morgan fingerprint density at radius 1 is 0.448 bits per heavy atom. The molecular formula is C23H7F25O6S4-2. The van der Waals surface area contributed by atoms with Gasteiger partial charge < -0.3 is 10.5 Å². The van der Waals surface area contributed by atoms with Crippen LogP contribution >= 0.6 is 47.6 Å². The Hall–Kier alpha value is -2.15. The highest BCUT2D eigenvalue weighted by Gasteiger charge is 2.90. The zero-order chi connectivity index (χ0) is 46.0. The van der Waals surface area contributed by atoms with Crippen molar-refractivity contribution in [2.75, 3.05) is 12.0 Å². The summed E-state index contributed by atoms with van der Waals surface area (Å²) in [6.45, 7) is 0. The second-order valence-electron chi connectivity index (χ2n) is 9.69. The summed E-state index contributed by atoms with van der Waals surface area (Å²) in [5, 5.41) is 24.5. The molecule has 2 rings (SSSR count). The minimum absolute atomic E-state index is 0.0522. The molecule has 0 saturated heterocycles. The van der Waals surface area contributed by atoms with E-state index in [0.29, 0.717) is 0 Å². The van der Waals surface area contributed by atoms with Crippen LogP contribution in [0.25, 0.3) is 0 Å². The van der Waals surface area contributed by atoms with E-state index in [0.717, 1.165) is 6.26 Å². The number of hydrogen-bond donors (Lipinski definition) is 0. The third kappa shape index (κ3) is 10.5. The van der Waals surface area contributed by atoms with Crippen molar-refractivity contribution in [3.8, 4) is 0 Å². The topological polar surface area (TPSA) is 83.0 Å². The van der Waals surface area contributed by atoms with Crippen LogP contribution in [-0.4, -0.2) is 47.8 Å². The summed E-state index contributed by atoms with van der Waals surface area (Å²) in [5.41, 5.74) is -4.56. The third-order valence-electron chi connectivity index (χ3n) is 6.20. The first kappa shape index (κ1) is 53.9. The van der Waals surface area contributed by atoms with Crippen LogP contribution in [0.15, 0.2) is 19.6 Å². The van der Waals surface area contributed by atoms with Crippen LogP contribution in [0.2, 0.25) is 0 Å². The molecular weight excluding hydrogens is 975 g/mol. The zero-order valence-electron chi connectivity index (χ0n) is 25.9. The highest BCUT2D eigenvalue weighted by Crippen LogP contribution is 2.61. The van der Waals surface area contributed by atoms with Crippen molar-refractivity contribution < 1.29 is 139 Å². The van der Waals surface area contributed by atoms with Crippen LogP contribution in [0, 0.1) is 34.9 Å². The number of hydrogen-bond acceptors (Lipinski definition) is 10. The van der Waals surface area contributed by atoms with Crippen molar-refractivity contribution >= 4 is 47.6 Å². The van der Waals surface area contributed by atoms with Crippen LogP contribution in [-0.2, 0) is 31.1 Å². The summed E-state index contributed by atoms with van der Waals surface area (Å²) < 4.78 is 335. The standard InChI is InChI=1S/C14H5F17O3S2.C9H4F8O3S2/c15-3-5(17)8(36-34-33-32)6(18)4(16)7(3)35-2-1-9(19,20)10(21,22)11(23,24)12(25,26)13(27,28)14(29,30)31;1-21-6-2(8(12,13)14)5(11)7(22-20-19-18)3(4(6)10)9(15,16)17/h32H,1-2H2;18H,1H3/p-2. The lowest BCUT2D eigenvalue weighted by Gasteiger charge is -2.39. The summed E-state index contributed by atoms with van der Waals surface area (Å²) in [5.74, 6) is -54.7. The SMILES string of the molecule is CSc1c(F)c(C(F)(F)F)c(SOO[O-])c(F)c1C(F)(F)F.[O-]OOSc1c(F)c(F)c(SCCC(F)(F)C(F)(F)C(F)(F)C(F)(F)C(F)(F)C(F)(F)F)c(F)c1F. The van der Waals surface area contributed by atoms with Gasteiger partial charge in [0.15, 0.2) is 34.9 Å². The van der Waals surface area contributed by atoms with E-state index in [1.165, 1.54) is 0 Å². The molecule has 58 heavy (non-hydrogen) atoms. The molecule has 0 aliphatic heterocycles. The molecule has 0 amide bonds. The Morgan fingerprint density at radius 2 is 0.793 bits per heavy atom. The smallest absolute Gasteiger partial charge is 0.460 e. The molecule has 6 nitrogen and oxygen atoms in total. The Kier molecular flexibility index (Phi) is 17.5. The molecule has 0 bridgehead atoms. The number of halogens is 25. The van der Waals surface area contributed by atoms with Crippen molar-refractivity contribution in [2.24, 2.45) is 0 Å². The number of alkyl halides is 19. The van der Waals surface area contributed by atoms with Crippen molar-refractivity contribution in [1.82, 2.24) is 0 Å². The van der Waals surface area contributed by atoms with Gasteiger partial charge in [-0.2, -0.15) is 92.1 Å². The second-order valence-corrected chi connectivity index (χ2v) is 13.0. The lowest BCUT2D eigenvalue weighted by molar-refractivity contribution is -0.777. The molecule has 2 aromatic carbocycles. The summed E-state index contributed by atoms with van der Waals surface area (Å²) >= 11 is -2.45. The summed E-state index contributed by atoms with van der Waals surface area (Å²) in [6, 6.07) is 0. The van der Waals surface area contributed by atoms with Crippen molar-refractivity contribution in [3.63, 3.8) is 0 Å². The van der Waals surface area contributed by atoms with Gasteiger partial charge in [-0.3, -0.25) is 10.1 Å². The third-order valence-corrected chi connectivity index (χ3v) is 9.37. The molecule has 35 heteroatoms. The van der Waals surface area contributed by atoms with Gasteiger partial charge in [0, 0.05) is 12.2 Å². The predicted octanol–water partition coefficient (Wildman–Crippen LogP) is 10.6. The maximum Gasteiger partial charge on any atom is 0.460 e. The molecule has 0 aliphatic carbocycles. The Balaban J connectivity index is 0.000000652. The first-order chi connectivity index (χ1) is 25.9. The number of benzene rings is 2. The summed E-state index contributed by atoms with van der Waals surface area (Å²) in [6.07, 6.45) is -20.6. The lowest BCUT2D eigenvalue weighted by atomic mass is 9.93. The Labute approximate surface area is 318 Å². The van der Waals surface area contributed by atoms with Crippen LogP contribution in [0.5, 0.6) is 0 Å². The monoisotopic (exact) mass is 982 g/mol. The van der Waals surface area contributed by atoms with Gasteiger partial charge in [0.25, 0.3) is 0 Å². The maximum absolute atomic E-state index is 13.9. The lowest BCUT2D eigenvalue weighted by Crippen LogP contribution is -2.70. The first-order valence-corrected chi connectivity index (χ1v) is 16.5. The predicted molar refractivity (Wildman–Crippen MR) is 137 cm³/mol. The average Bonchev–Trinajstić information content (AvgIpc) is 3.07. The molecule has 0 spiro atoms. The van der Waals surface area contributed by atoms with E-state index in [4.69, 9.17) is 0 Å². The van der Waals surface area contributed by atoms with Gasteiger partial charge in [-0.25, -0.2) is 26.3 Å². The molecule has 0 heterocycles. The number of rotatable bonds is 15. The molecule has 0 fully saturated rings. The molecule has 0 aromatic heterocycles. The minimum Gasteiger partial charge on any atom is -0.691 e. The van der Waals surface area contributed by atoms with Crippen LogP contribution < -0.4 is 10.5 Å². The highest BCUT2D eigenvalue weighted by atomic mass is 32.2. The molecule has 0 unspecified atom stereocenters. The molecule has 2 aromatic rings. The fourth-order valence-corrected chi connectivity index (χ4v) is 6.22. The van der Waals surface area contributed by atoms with Gasteiger partial charge in [0.2, 0.25) is 0 Å². The number of thioether (sulfide) groups is 2. The van der Waals surface area contributed by atoms with E-state index >= 15 is 0 Å². The van der Waals surface area contributed by atoms with Gasteiger partial charge >= 0.3 is 48.1 Å². The Bertz CT molecular complexity index is 1720. The maximum atomic E-state index is 13.9. The largest absolute Gasteiger partial charge is 0.691 e. The average molecular weight is 983 g/mol. The van der Waals surface area contributed by atoms with E-state index in [1.807, 2.05) is 0 Å². The Morgan fingerprint density at radius 3 is 1.16 bits per heavy atom. The van der Waals surface area contributed by atoms with Crippen LogP contribution in [0.3, 0.4) is 0 Å². The van der Waals surface area contributed by atoms with E-state index in [9.17, 15) is 120 Å². The van der Waals surface area contributed by atoms with Crippen molar-refractivity contribution in [1.29, 1.82) is 0 Å². The van der Waals surface area contributed by atoms with Crippen LogP contribution in [0.1, 0.15) is 17.5 Å². The van der Waals surface area contributed by atoms with Gasteiger partial charge in [0.05, 0.1) is 38.8 Å². The van der Waals surface area contributed by atoms with Gasteiger partial charge in [-0.05, 0) is 6.26 Å². The first-order valence-electron chi connectivity index (χ1n) is 12.8. The van der Waals surface area contributed by atoms with Crippen molar-refractivity contribution in [2.45, 2.75) is 74.1 Å². The molecule has 0 aliphatic rings. The molecule has 0 N–H and O–H groups in total. The molecule has 336 valence electrons. The second kappa shape index (κ2) is 18.9. The van der Waals surface area contributed by atoms with Gasteiger partial charge in [-0.1, -0.05) is 0 Å². The van der Waals surface area contributed by atoms with Gasteiger partial charge in [0.1, 0.15) is 16.0 Å². The fourth-order valence-electron chi connectivity index (χ4n) is 3.55. The zero-order valence-corrected chi connectivity index (χ0v) is 29.2. The molecule has 0 saturated carbocycles. The van der Waals surface area contributed by atoms with E-state index in [2.05, 4.69) is 18.7 Å². The minimum atomic E-state index is -8.13. The van der Waals surface area contributed by atoms with Crippen LogP contribution in [0.4, 0.5) is 110 Å². The van der Waals surface area contributed by atoms with E-state index in [-0.39, 0.29) is 11.8 Å². The van der Waals surface area contributed by atoms with E-state index < -0.39 is 162 Å². The molecule has 0 atom stereocenters. The van der Waals surface area contributed by atoms with Crippen molar-refractivity contribution in [3.05, 3.63) is 46.0 Å². The van der Waals surface area contributed by atoms with Gasteiger partial charge in [-0.15, -0.1) is 23.5 Å². The van der Waals surface area contributed by atoms with E-state index in [1.54, 1.807) is 0 Å². The normalized spacial score (nSPS) is 13.9. The quantitative estimate of drug-likeness (QED) is 0.0430. The summed E-state index contributed by atoms with van der Waals surface area (Å²) in [4.78, 5) is -7.11.